The molecular weight excluding hydrogens is 134 g/mol. The Morgan fingerprint density at radius 3 is 2.18 bits per heavy atom. The SMILES string of the molecule is C=C(CCC(C)C)C(C)(C)N. The lowest BCUT2D eigenvalue weighted by molar-refractivity contribution is 0.525. The molecule has 0 aliphatic rings. The van der Waals surface area contributed by atoms with Crippen LogP contribution in [0.25, 0.3) is 0 Å². The quantitative estimate of drug-likeness (QED) is 0.621. The summed E-state index contributed by atoms with van der Waals surface area (Å²) in [7, 11) is 0. The van der Waals surface area contributed by atoms with Gasteiger partial charge in [-0.3, -0.25) is 0 Å². The zero-order valence-corrected chi connectivity index (χ0v) is 8.28. The van der Waals surface area contributed by atoms with Gasteiger partial charge in [0.25, 0.3) is 0 Å². The molecule has 1 nitrogen and oxygen atoms in total. The standard InChI is InChI=1S/C10H21N/c1-8(2)6-7-9(3)10(4,5)11/h8H,3,6-7,11H2,1-2,4-5H3. The van der Waals surface area contributed by atoms with Crippen molar-refractivity contribution in [1.82, 2.24) is 0 Å². The highest BCUT2D eigenvalue weighted by Crippen LogP contribution is 2.18. The van der Waals surface area contributed by atoms with Crippen molar-refractivity contribution in [2.45, 2.75) is 46.1 Å². The van der Waals surface area contributed by atoms with Crippen molar-refractivity contribution < 1.29 is 0 Å². The third-order valence-electron chi connectivity index (χ3n) is 1.93. The predicted octanol–water partition coefficient (Wildman–Crippen LogP) is 2.72. The van der Waals surface area contributed by atoms with E-state index in [-0.39, 0.29) is 5.54 Å². The number of hydrogen-bond donors (Lipinski definition) is 1. The maximum Gasteiger partial charge on any atom is 0.0308 e. The summed E-state index contributed by atoms with van der Waals surface area (Å²) in [5, 5.41) is 0. The summed E-state index contributed by atoms with van der Waals surface area (Å²) < 4.78 is 0. The van der Waals surface area contributed by atoms with Crippen molar-refractivity contribution in [3.8, 4) is 0 Å². The molecule has 0 aromatic heterocycles. The fraction of sp³-hybridized carbons (Fsp3) is 0.800. The molecule has 0 unspecified atom stereocenters. The smallest absolute Gasteiger partial charge is 0.0308 e. The van der Waals surface area contributed by atoms with Gasteiger partial charge in [-0.05, 0) is 32.6 Å². The summed E-state index contributed by atoms with van der Waals surface area (Å²) >= 11 is 0. The zero-order chi connectivity index (χ0) is 9.07. The van der Waals surface area contributed by atoms with Crippen LogP contribution in [0.1, 0.15) is 40.5 Å². The Morgan fingerprint density at radius 1 is 1.45 bits per heavy atom. The second-order valence-corrected chi connectivity index (χ2v) is 4.26. The summed E-state index contributed by atoms with van der Waals surface area (Å²) in [5.74, 6) is 0.745. The number of nitrogens with two attached hydrogens (primary N) is 1. The van der Waals surface area contributed by atoms with Crippen molar-refractivity contribution in [1.29, 1.82) is 0 Å². The molecule has 0 amide bonds. The van der Waals surface area contributed by atoms with E-state index in [2.05, 4.69) is 20.4 Å². The van der Waals surface area contributed by atoms with Gasteiger partial charge in [-0.25, -0.2) is 0 Å². The summed E-state index contributed by atoms with van der Waals surface area (Å²) in [6, 6.07) is 0. The molecule has 0 radical (unpaired) electrons. The van der Waals surface area contributed by atoms with Crippen LogP contribution in [0.15, 0.2) is 12.2 Å². The molecule has 2 N–H and O–H groups in total. The van der Waals surface area contributed by atoms with Crippen LogP contribution in [0.2, 0.25) is 0 Å². The van der Waals surface area contributed by atoms with Gasteiger partial charge in [0.1, 0.15) is 0 Å². The highest BCUT2D eigenvalue weighted by Gasteiger charge is 2.14. The molecule has 0 aliphatic heterocycles. The van der Waals surface area contributed by atoms with Crippen LogP contribution >= 0.6 is 0 Å². The number of hydrogen-bond acceptors (Lipinski definition) is 1. The lowest BCUT2D eigenvalue weighted by atomic mass is 9.91. The average molecular weight is 155 g/mol. The topological polar surface area (TPSA) is 26.0 Å². The van der Waals surface area contributed by atoms with Crippen LogP contribution in [-0.4, -0.2) is 5.54 Å². The van der Waals surface area contributed by atoms with Gasteiger partial charge >= 0.3 is 0 Å². The first-order valence-corrected chi connectivity index (χ1v) is 4.31. The average Bonchev–Trinajstić information content (AvgIpc) is 1.80. The minimum absolute atomic E-state index is 0.200. The van der Waals surface area contributed by atoms with Crippen LogP contribution in [0.3, 0.4) is 0 Å². The largest absolute Gasteiger partial charge is 0.322 e. The molecule has 0 aromatic carbocycles. The lowest BCUT2D eigenvalue weighted by Crippen LogP contribution is -2.33. The third-order valence-corrected chi connectivity index (χ3v) is 1.93. The molecule has 0 spiro atoms. The van der Waals surface area contributed by atoms with Gasteiger partial charge in [0.05, 0.1) is 0 Å². The van der Waals surface area contributed by atoms with Gasteiger partial charge in [0.2, 0.25) is 0 Å². The van der Waals surface area contributed by atoms with Crippen molar-refractivity contribution in [2.75, 3.05) is 0 Å². The van der Waals surface area contributed by atoms with Crippen LogP contribution in [0.5, 0.6) is 0 Å². The van der Waals surface area contributed by atoms with Crippen molar-refractivity contribution in [3.63, 3.8) is 0 Å². The molecule has 0 bridgehead atoms. The summed E-state index contributed by atoms with van der Waals surface area (Å²) in [6.07, 6.45) is 2.25. The molecule has 11 heavy (non-hydrogen) atoms. The molecular formula is C10H21N. The maximum atomic E-state index is 5.87. The predicted molar refractivity (Wildman–Crippen MR) is 51.5 cm³/mol. The van der Waals surface area contributed by atoms with E-state index in [1.54, 1.807) is 0 Å². The van der Waals surface area contributed by atoms with E-state index in [9.17, 15) is 0 Å². The second kappa shape index (κ2) is 3.91. The Bertz CT molecular complexity index is 128. The van der Waals surface area contributed by atoms with Crippen LogP contribution < -0.4 is 5.73 Å². The fourth-order valence-corrected chi connectivity index (χ4v) is 0.785. The van der Waals surface area contributed by atoms with E-state index in [4.69, 9.17) is 5.73 Å². The summed E-state index contributed by atoms with van der Waals surface area (Å²) in [4.78, 5) is 0. The Morgan fingerprint density at radius 2 is 1.91 bits per heavy atom. The highest BCUT2D eigenvalue weighted by atomic mass is 14.7. The Balaban J connectivity index is 3.71. The molecule has 0 rings (SSSR count). The molecule has 0 aromatic rings. The minimum atomic E-state index is -0.200. The van der Waals surface area contributed by atoms with Gasteiger partial charge in [0, 0.05) is 5.54 Å². The Kier molecular flexibility index (Phi) is 3.81. The second-order valence-electron chi connectivity index (χ2n) is 4.26. The van der Waals surface area contributed by atoms with E-state index in [1.165, 1.54) is 6.42 Å². The molecule has 0 saturated carbocycles. The first-order valence-electron chi connectivity index (χ1n) is 4.31. The lowest BCUT2D eigenvalue weighted by Gasteiger charge is -2.22. The molecule has 66 valence electrons. The van der Waals surface area contributed by atoms with Gasteiger partial charge in [0.15, 0.2) is 0 Å². The Hall–Kier alpha value is -0.300. The van der Waals surface area contributed by atoms with E-state index in [0.29, 0.717) is 0 Å². The van der Waals surface area contributed by atoms with E-state index in [0.717, 1.165) is 17.9 Å². The van der Waals surface area contributed by atoms with Crippen molar-refractivity contribution >= 4 is 0 Å². The highest BCUT2D eigenvalue weighted by molar-refractivity contribution is 5.11. The minimum Gasteiger partial charge on any atom is -0.322 e. The van der Waals surface area contributed by atoms with Gasteiger partial charge in [-0.1, -0.05) is 26.0 Å². The molecule has 0 aliphatic carbocycles. The number of rotatable bonds is 4. The van der Waals surface area contributed by atoms with Gasteiger partial charge < -0.3 is 5.73 Å². The third kappa shape index (κ3) is 5.02. The van der Waals surface area contributed by atoms with Crippen molar-refractivity contribution in [2.24, 2.45) is 11.7 Å². The monoisotopic (exact) mass is 155 g/mol. The van der Waals surface area contributed by atoms with Gasteiger partial charge in [-0.15, -0.1) is 0 Å². The fourth-order valence-electron chi connectivity index (χ4n) is 0.785. The summed E-state index contributed by atoms with van der Waals surface area (Å²) in [5.41, 5.74) is 6.82. The molecule has 0 heterocycles. The van der Waals surface area contributed by atoms with E-state index in [1.807, 2.05) is 13.8 Å². The first-order chi connectivity index (χ1) is 4.84. The maximum absolute atomic E-state index is 5.87. The molecule has 0 atom stereocenters. The van der Waals surface area contributed by atoms with Crippen molar-refractivity contribution in [3.05, 3.63) is 12.2 Å². The molecule has 0 saturated heterocycles. The van der Waals surface area contributed by atoms with Crippen LogP contribution in [0.4, 0.5) is 0 Å². The normalized spacial score (nSPS) is 12.2. The van der Waals surface area contributed by atoms with E-state index < -0.39 is 0 Å². The summed E-state index contributed by atoms with van der Waals surface area (Å²) in [6.45, 7) is 12.4. The van der Waals surface area contributed by atoms with Gasteiger partial charge in [-0.2, -0.15) is 0 Å². The zero-order valence-electron chi connectivity index (χ0n) is 8.28. The van der Waals surface area contributed by atoms with Crippen LogP contribution in [-0.2, 0) is 0 Å². The van der Waals surface area contributed by atoms with E-state index >= 15 is 0 Å². The Labute approximate surface area is 70.7 Å². The first kappa shape index (κ1) is 10.7. The van der Waals surface area contributed by atoms with Crippen LogP contribution in [0, 0.1) is 5.92 Å². The molecule has 1 heteroatoms. The molecule has 0 fully saturated rings.